The van der Waals surface area contributed by atoms with Gasteiger partial charge in [0.1, 0.15) is 30.6 Å². The van der Waals surface area contributed by atoms with Gasteiger partial charge < -0.3 is 24.6 Å². The van der Waals surface area contributed by atoms with E-state index in [-0.39, 0.29) is 40.0 Å². The van der Waals surface area contributed by atoms with Gasteiger partial charge in [-0.25, -0.2) is 14.4 Å². The summed E-state index contributed by atoms with van der Waals surface area (Å²) in [6.45, 7) is 4.91. The molecule has 39 heavy (non-hydrogen) atoms. The lowest BCUT2D eigenvalue weighted by atomic mass is 9.99. The van der Waals surface area contributed by atoms with E-state index in [0.29, 0.717) is 41.4 Å². The van der Waals surface area contributed by atoms with E-state index in [1.165, 1.54) is 18.5 Å². The van der Waals surface area contributed by atoms with Gasteiger partial charge in [0.2, 0.25) is 0 Å². The van der Waals surface area contributed by atoms with Crippen LogP contribution in [0.4, 0.5) is 15.9 Å². The van der Waals surface area contributed by atoms with Gasteiger partial charge in [0.05, 0.1) is 34.5 Å². The molecular weight excluding hydrogens is 546 g/mol. The van der Waals surface area contributed by atoms with Crippen LogP contribution in [0, 0.1) is 5.82 Å². The molecule has 0 saturated carbocycles. The number of nitrogens with zero attached hydrogens (tertiary/aromatic N) is 3. The summed E-state index contributed by atoms with van der Waals surface area (Å²) in [5.41, 5.74) is 0.748. The normalized spacial score (nSPS) is 25.5. The van der Waals surface area contributed by atoms with Crippen molar-refractivity contribution in [2.75, 3.05) is 18.5 Å². The fourth-order valence-electron chi connectivity index (χ4n) is 5.88. The highest BCUT2D eigenvalue weighted by atomic mass is 35.5. The number of fused-ring (bicyclic) bond motifs is 3. The van der Waals surface area contributed by atoms with E-state index in [2.05, 4.69) is 26.8 Å². The highest BCUT2D eigenvalue weighted by Gasteiger charge is 2.44. The minimum absolute atomic E-state index is 0.0658. The molecule has 1 aromatic heterocycles. The molecule has 6 rings (SSSR count). The van der Waals surface area contributed by atoms with Gasteiger partial charge in [0, 0.05) is 30.0 Å². The molecule has 1 unspecified atom stereocenters. The van der Waals surface area contributed by atoms with Crippen LogP contribution in [-0.4, -0.2) is 63.7 Å². The summed E-state index contributed by atoms with van der Waals surface area (Å²) < 4.78 is 33.3. The predicted octanol–water partition coefficient (Wildman–Crippen LogP) is 5.87. The monoisotopic (exact) mass is 574 g/mol. The maximum Gasteiger partial charge on any atom is 0.166 e. The first-order valence-electron chi connectivity index (χ1n) is 13.1. The Balaban J connectivity index is 1.33. The quantitative estimate of drug-likeness (QED) is 0.255. The molecule has 3 fully saturated rings. The molecular formula is C28H29Cl2FN4O4. The van der Waals surface area contributed by atoms with Crippen LogP contribution in [0.1, 0.15) is 32.1 Å². The Morgan fingerprint density at radius 1 is 1.10 bits per heavy atom. The molecule has 0 spiro atoms. The standard InChI is InChI=1S/C28H29Cl2FN4O4/c1-2-25(36)35-15-3-4-16(35)10-18(9-15)39-23-11-19-22(12-24(23)38-17-7-8-37-13-17)32-14-33-28(19)34-21-6-5-20(29)26(30)27(21)31/h2,5-6,11-12,14-18,25,36H,1,3-4,7-10,13H2,(H,32,33,34)/t15-,16+,17-,18-,25?/m1/s1. The van der Waals surface area contributed by atoms with Crippen molar-refractivity contribution in [1.82, 2.24) is 14.9 Å². The lowest BCUT2D eigenvalue weighted by Gasteiger charge is -2.40. The highest BCUT2D eigenvalue weighted by molar-refractivity contribution is 6.42. The van der Waals surface area contributed by atoms with Crippen LogP contribution in [0.25, 0.3) is 10.9 Å². The maximum atomic E-state index is 14.8. The van der Waals surface area contributed by atoms with Crippen molar-refractivity contribution in [3.8, 4) is 11.5 Å². The van der Waals surface area contributed by atoms with E-state index in [1.54, 1.807) is 6.08 Å². The zero-order valence-electron chi connectivity index (χ0n) is 21.2. The van der Waals surface area contributed by atoms with E-state index in [0.717, 1.165) is 32.1 Å². The van der Waals surface area contributed by atoms with Gasteiger partial charge in [-0.1, -0.05) is 29.8 Å². The summed E-state index contributed by atoms with van der Waals surface area (Å²) >= 11 is 12.0. The van der Waals surface area contributed by atoms with Crippen LogP contribution in [-0.2, 0) is 4.74 Å². The Kier molecular flexibility index (Phi) is 7.52. The smallest absolute Gasteiger partial charge is 0.166 e. The van der Waals surface area contributed by atoms with E-state index in [9.17, 15) is 9.50 Å². The largest absolute Gasteiger partial charge is 0.486 e. The summed E-state index contributed by atoms with van der Waals surface area (Å²) in [6, 6.07) is 7.12. The molecule has 3 aliphatic rings. The topological polar surface area (TPSA) is 89.0 Å². The molecule has 3 saturated heterocycles. The molecule has 0 radical (unpaired) electrons. The van der Waals surface area contributed by atoms with Crippen LogP contribution in [0.2, 0.25) is 10.0 Å². The average Bonchev–Trinajstić information content (AvgIpc) is 3.54. The Morgan fingerprint density at radius 2 is 1.85 bits per heavy atom. The number of nitrogens with one attached hydrogen (secondary N) is 1. The summed E-state index contributed by atoms with van der Waals surface area (Å²) in [7, 11) is 0. The number of anilines is 2. The molecule has 0 amide bonds. The summed E-state index contributed by atoms with van der Waals surface area (Å²) in [4.78, 5) is 10.9. The summed E-state index contributed by atoms with van der Waals surface area (Å²) in [5, 5.41) is 14.1. The molecule has 2 bridgehead atoms. The number of benzene rings is 2. The third-order valence-corrected chi connectivity index (χ3v) is 8.51. The van der Waals surface area contributed by atoms with Gasteiger partial charge in [-0.15, -0.1) is 0 Å². The second kappa shape index (κ2) is 11.1. The predicted molar refractivity (Wildman–Crippen MR) is 148 cm³/mol. The van der Waals surface area contributed by atoms with Crippen molar-refractivity contribution in [3.05, 3.63) is 59.1 Å². The van der Waals surface area contributed by atoms with Gasteiger partial charge >= 0.3 is 0 Å². The van der Waals surface area contributed by atoms with Crippen molar-refractivity contribution in [3.63, 3.8) is 0 Å². The molecule has 8 nitrogen and oxygen atoms in total. The van der Waals surface area contributed by atoms with E-state index < -0.39 is 12.0 Å². The first kappa shape index (κ1) is 26.5. The molecule has 3 aliphatic heterocycles. The Labute approximate surface area is 235 Å². The second-order valence-corrected chi connectivity index (χ2v) is 11.0. The molecule has 11 heteroatoms. The summed E-state index contributed by atoms with van der Waals surface area (Å²) in [6.07, 6.45) is 6.52. The van der Waals surface area contributed by atoms with E-state index in [4.69, 9.17) is 37.4 Å². The number of halogens is 3. The molecule has 4 heterocycles. The number of aliphatic hydroxyl groups is 1. The Morgan fingerprint density at radius 3 is 2.56 bits per heavy atom. The van der Waals surface area contributed by atoms with Gasteiger partial charge in [-0.2, -0.15) is 0 Å². The second-order valence-electron chi connectivity index (χ2n) is 10.2. The number of rotatable bonds is 8. The zero-order valence-corrected chi connectivity index (χ0v) is 22.7. The summed E-state index contributed by atoms with van der Waals surface area (Å²) in [5.74, 6) is 0.854. The van der Waals surface area contributed by atoms with Crippen molar-refractivity contribution in [2.45, 2.75) is 62.6 Å². The van der Waals surface area contributed by atoms with Crippen LogP contribution in [0.15, 0.2) is 43.2 Å². The van der Waals surface area contributed by atoms with E-state index in [1.807, 2.05) is 12.1 Å². The fourth-order valence-corrected chi connectivity index (χ4v) is 6.19. The zero-order chi connectivity index (χ0) is 27.1. The van der Waals surface area contributed by atoms with Gasteiger partial charge in [0.25, 0.3) is 0 Å². The van der Waals surface area contributed by atoms with Crippen LogP contribution in [0.5, 0.6) is 11.5 Å². The Bertz CT molecular complexity index is 1380. The van der Waals surface area contributed by atoms with Crippen molar-refractivity contribution in [2.24, 2.45) is 0 Å². The van der Waals surface area contributed by atoms with Crippen molar-refractivity contribution >= 4 is 45.6 Å². The maximum absolute atomic E-state index is 14.8. The number of aromatic nitrogens is 2. The van der Waals surface area contributed by atoms with Crippen molar-refractivity contribution in [1.29, 1.82) is 0 Å². The van der Waals surface area contributed by atoms with E-state index >= 15 is 0 Å². The van der Waals surface area contributed by atoms with Gasteiger partial charge in [-0.05, 0) is 50.0 Å². The molecule has 0 aliphatic carbocycles. The Hall–Kier alpha value is -2.69. The third kappa shape index (κ3) is 5.26. The number of aliphatic hydroxyl groups excluding tert-OH is 1. The van der Waals surface area contributed by atoms with Crippen LogP contribution in [0.3, 0.4) is 0 Å². The number of ether oxygens (including phenoxy) is 3. The molecule has 2 N–H and O–H groups in total. The SMILES string of the molecule is C=CC(O)N1[C@@H]2CC[C@H]1C[C@H](Oc1cc3c(Nc4ccc(Cl)c(Cl)c4F)ncnc3cc1O[C@@H]1CCOC1)C2. The van der Waals surface area contributed by atoms with Crippen LogP contribution < -0.4 is 14.8 Å². The van der Waals surface area contributed by atoms with Crippen molar-refractivity contribution < 1.29 is 23.7 Å². The molecule has 5 atom stereocenters. The first-order valence-corrected chi connectivity index (χ1v) is 13.8. The lowest BCUT2D eigenvalue weighted by Crippen LogP contribution is -2.50. The first-order chi connectivity index (χ1) is 18.9. The van der Waals surface area contributed by atoms with Crippen LogP contribution >= 0.6 is 23.2 Å². The average molecular weight is 575 g/mol. The third-order valence-electron chi connectivity index (χ3n) is 7.73. The fraction of sp³-hybridized carbons (Fsp3) is 0.429. The minimum atomic E-state index is -0.669. The molecule has 2 aromatic carbocycles. The number of piperidine rings is 1. The lowest BCUT2D eigenvalue weighted by molar-refractivity contribution is -0.0433. The van der Waals surface area contributed by atoms with Gasteiger partial charge in [0.15, 0.2) is 17.3 Å². The molecule has 206 valence electrons. The minimum Gasteiger partial charge on any atom is -0.486 e. The number of hydrogen-bond donors (Lipinski definition) is 2. The van der Waals surface area contributed by atoms with Gasteiger partial charge in [-0.3, -0.25) is 4.90 Å². The highest BCUT2D eigenvalue weighted by Crippen LogP contribution is 2.42. The number of hydrogen-bond acceptors (Lipinski definition) is 8. The molecule has 3 aromatic rings.